The summed E-state index contributed by atoms with van der Waals surface area (Å²) in [5.41, 5.74) is 3.97. The summed E-state index contributed by atoms with van der Waals surface area (Å²) in [6, 6.07) is 10.7. The van der Waals surface area contributed by atoms with Crippen LogP contribution >= 0.6 is 0 Å². The van der Waals surface area contributed by atoms with Gasteiger partial charge in [-0.15, -0.1) is 0 Å². The van der Waals surface area contributed by atoms with E-state index in [1.54, 1.807) is 25.1 Å². The van der Waals surface area contributed by atoms with Crippen LogP contribution in [-0.2, 0) is 16.4 Å². The quantitative estimate of drug-likeness (QED) is 0.403. The van der Waals surface area contributed by atoms with Gasteiger partial charge in [0.2, 0.25) is 5.95 Å². The summed E-state index contributed by atoms with van der Waals surface area (Å²) in [6.07, 6.45) is 2.00. The Labute approximate surface area is 204 Å². The van der Waals surface area contributed by atoms with Gasteiger partial charge in [0.25, 0.3) is 0 Å². The zero-order valence-electron chi connectivity index (χ0n) is 20.2. The standard InChI is InChI=1S/C24H30N8O2S/c1-4-35(33,34)20-7-5-6-18(13-20)21-14-23-25-19(15-31-10-8-30(3)9-11-31)16-32(23)24(26-21)27-22-12-17(2)28-29-22/h5-7,12-14,16H,4,8-11,15H2,1-3H3,(H2,26,27,28,29). The number of benzene rings is 1. The van der Waals surface area contributed by atoms with Gasteiger partial charge in [-0.25, -0.2) is 18.4 Å². The molecule has 1 aliphatic rings. The van der Waals surface area contributed by atoms with E-state index < -0.39 is 9.84 Å². The Bertz CT molecular complexity index is 1450. The second-order valence-electron chi connectivity index (χ2n) is 9.00. The van der Waals surface area contributed by atoms with E-state index >= 15 is 0 Å². The highest BCUT2D eigenvalue weighted by atomic mass is 32.2. The molecular formula is C24H30N8O2S. The first kappa shape index (κ1) is 23.5. The zero-order valence-corrected chi connectivity index (χ0v) is 21.0. The van der Waals surface area contributed by atoms with Crippen molar-refractivity contribution in [3.63, 3.8) is 0 Å². The highest BCUT2D eigenvalue weighted by Gasteiger charge is 2.18. The highest BCUT2D eigenvalue weighted by molar-refractivity contribution is 7.91. The topological polar surface area (TPSA) is 112 Å². The van der Waals surface area contributed by atoms with Crippen molar-refractivity contribution in [1.29, 1.82) is 0 Å². The first-order valence-corrected chi connectivity index (χ1v) is 13.4. The summed E-state index contributed by atoms with van der Waals surface area (Å²) >= 11 is 0. The highest BCUT2D eigenvalue weighted by Crippen LogP contribution is 2.26. The molecule has 4 heterocycles. The Morgan fingerprint density at radius 1 is 1.09 bits per heavy atom. The molecule has 0 bridgehead atoms. The fraction of sp³-hybridized carbons (Fsp3) is 0.375. The number of aromatic amines is 1. The van der Waals surface area contributed by atoms with Crippen LogP contribution in [-0.4, -0.2) is 81.8 Å². The third-order valence-electron chi connectivity index (χ3n) is 6.30. The van der Waals surface area contributed by atoms with Gasteiger partial charge in [-0.05, 0) is 26.1 Å². The lowest BCUT2D eigenvalue weighted by Crippen LogP contribution is -2.43. The summed E-state index contributed by atoms with van der Waals surface area (Å²) in [6.45, 7) is 8.43. The Morgan fingerprint density at radius 3 is 2.60 bits per heavy atom. The minimum absolute atomic E-state index is 0.0458. The molecule has 11 heteroatoms. The van der Waals surface area contributed by atoms with Crippen LogP contribution < -0.4 is 5.32 Å². The molecule has 0 unspecified atom stereocenters. The molecule has 1 saturated heterocycles. The van der Waals surface area contributed by atoms with Gasteiger partial charge in [-0.2, -0.15) is 5.10 Å². The van der Waals surface area contributed by atoms with E-state index in [-0.39, 0.29) is 10.6 Å². The third-order valence-corrected chi connectivity index (χ3v) is 8.03. The molecule has 5 rings (SSSR count). The lowest BCUT2D eigenvalue weighted by atomic mass is 10.1. The van der Waals surface area contributed by atoms with E-state index in [0.29, 0.717) is 23.0 Å². The SMILES string of the molecule is CCS(=O)(=O)c1cccc(-c2cc3nc(CN4CCN(C)CC4)cn3c(Nc3cc(C)[nH]n3)n2)c1. The maximum atomic E-state index is 12.5. The van der Waals surface area contributed by atoms with Crippen LogP contribution in [0.3, 0.4) is 0 Å². The number of hydrogen-bond donors (Lipinski definition) is 2. The van der Waals surface area contributed by atoms with Crippen LogP contribution in [0.1, 0.15) is 18.3 Å². The molecule has 0 saturated carbocycles. The molecule has 10 nitrogen and oxygen atoms in total. The van der Waals surface area contributed by atoms with E-state index in [1.165, 1.54) is 0 Å². The second kappa shape index (κ2) is 9.40. The molecule has 3 aromatic heterocycles. The molecule has 35 heavy (non-hydrogen) atoms. The van der Waals surface area contributed by atoms with Gasteiger partial charge in [0, 0.05) is 62.3 Å². The number of hydrogen-bond acceptors (Lipinski definition) is 8. The van der Waals surface area contributed by atoms with E-state index in [9.17, 15) is 8.42 Å². The number of rotatable bonds is 7. The molecule has 0 aliphatic carbocycles. The molecule has 2 N–H and O–H groups in total. The Morgan fingerprint density at radius 2 is 1.89 bits per heavy atom. The van der Waals surface area contributed by atoms with Gasteiger partial charge in [0.05, 0.1) is 22.0 Å². The predicted octanol–water partition coefficient (Wildman–Crippen LogP) is 2.71. The van der Waals surface area contributed by atoms with Gasteiger partial charge in [-0.3, -0.25) is 14.4 Å². The number of aryl methyl sites for hydroxylation is 1. The van der Waals surface area contributed by atoms with Gasteiger partial charge in [-0.1, -0.05) is 19.1 Å². The maximum absolute atomic E-state index is 12.5. The number of sulfone groups is 1. The number of nitrogens with one attached hydrogen (secondary N) is 2. The summed E-state index contributed by atoms with van der Waals surface area (Å²) in [5, 5.41) is 10.5. The van der Waals surface area contributed by atoms with E-state index in [0.717, 1.165) is 49.8 Å². The van der Waals surface area contributed by atoms with E-state index in [1.807, 2.05) is 35.7 Å². The largest absolute Gasteiger partial charge is 0.308 e. The summed E-state index contributed by atoms with van der Waals surface area (Å²) in [7, 11) is -1.19. The Hall–Kier alpha value is -3.28. The van der Waals surface area contributed by atoms with Gasteiger partial charge < -0.3 is 10.2 Å². The molecule has 1 aliphatic heterocycles. The summed E-state index contributed by atoms with van der Waals surface area (Å²) < 4.78 is 26.8. The van der Waals surface area contributed by atoms with Crippen molar-refractivity contribution in [2.45, 2.75) is 25.3 Å². The fourth-order valence-electron chi connectivity index (χ4n) is 4.20. The average Bonchev–Trinajstić information content (AvgIpc) is 3.46. The number of imidazole rings is 1. The van der Waals surface area contributed by atoms with Gasteiger partial charge >= 0.3 is 0 Å². The van der Waals surface area contributed by atoms with E-state index in [4.69, 9.17) is 9.97 Å². The van der Waals surface area contributed by atoms with Crippen LogP contribution in [0.4, 0.5) is 11.8 Å². The summed E-state index contributed by atoms with van der Waals surface area (Å²) in [5.74, 6) is 1.25. The lowest BCUT2D eigenvalue weighted by Gasteiger charge is -2.31. The van der Waals surface area contributed by atoms with Crippen LogP contribution in [0.5, 0.6) is 0 Å². The lowest BCUT2D eigenvalue weighted by molar-refractivity contribution is 0.147. The van der Waals surface area contributed by atoms with Crippen molar-refractivity contribution in [1.82, 2.24) is 34.4 Å². The van der Waals surface area contributed by atoms with Crippen LogP contribution in [0.15, 0.2) is 47.5 Å². The van der Waals surface area contributed by atoms with Crippen LogP contribution in [0, 0.1) is 6.92 Å². The fourth-order valence-corrected chi connectivity index (χ4v) is 5.12. The maximum Gasteiger partial charge on any atom is 0.215 e. The number of anilines is 2. The van der Waals surface area contributed by atoms with Crippen molar-refractivity contribution >= 4 is 27.3 Å². The predicted molar refractivity (Wildman–Crippen MR) is 136 cm³/mol. The normalized spacial score (nSPS) is 15.6. The van der Waals surface area contributed by atoms with E-state index in [2.05, 4.69) is 32.4 Å². The number of likely N-dealkylation sites (N-methyl/N-ethyl adjacent to an activating group) is 1. The van der Waals surface area contributed by atoms with Gasteiger partial charge in [0.15, 0.2) is 15.7 Å². The van der Waals surface area contributed by atoms with Gasteiger partial charge in [0.1, 0.15) is 5.65 Å². The number of H-pyrrole nitrogens is 1. The minimum atomic E-state index is -3.33. The molecule has 0 atom stereocenters. The first-order valence-electron chi connectivity index (χ1n) is 11.7. The van der Waals surface area contributed by atoms with Crippen molar-refractivity contribution < 1.29 is 8.42 Å². The number of aromatic nitrogens is 5. The van der Waals surface area contributed by atoms with Crippen molar-refractivity contribution in [3.8, 4) is 11.3 Å². The smallest absolute Gasteiger partial charge is 0.215 e. The monoisotopic (exact) mass is 494 g/mol. The first-order chi connectivity index (χ1) is 16.8. The van der Waals surface area contributed by atoms with Crippen molar-refractivity contribution in [2.24, 2.45) is 0 Å². The van der Waals surface area contributed by atoms with Crippen molar-refractivity contribution in [3.05, 3.63) is 54.0 Å². The molecule has 184 valence electrons. The second-order valence-corrected chi connectivity index (χ2v) is 11.3. The van der Waals surface area contributed by atoms with Crippen LogP contribution in [0.2, 0.25) is 0 Å². The molecule has 0 amide bonds. The number of piperazine rings is 1. The molecule has 0 radical (unpaired) electrons. The summed E-state index contributed by atoms with van der Waals surface area (Å²) in [4.78, 5) is 14.7. The molecule has 4 aromatic rings. The Balaban J connectivity index is 1.55. The number of fused-ring (bicyclic) bond motifs is 1. The number of nitrogens with zero attached hydrogens (tertiary/aromatic N) is 6. The Kier molecular flexibility index (Phi) is 6.30. The zero-order chi connectivity index (χ0) is 24.6. The van der Waals surface area contributed by atoms with Crippen molar-refractivity contribution in [2.75, 3.05) is 44.3 Å². The minimum Gasteiger partial charge on any atom is -0.308 e. The average molecular weight is 495 g/mol. The molecular weight excluding hydrogens is 464 g/mol. The molecule has 1 aromatic carbocycles. The molecule has 1 fully saturated rings. The van der Waals surface area contributed by atoms with Crippen LogP contribution in [0.25, 0.3) is 16.9 Å². The third kappa shape index (κ3) is 5.07. The molecule has 0 spiro atoms.